The van der Waals surface area contributed by atoms with Gasteiger partial charge in [-0.1, -0.05) is 85.3 Å². The van der Waals surface area contributed by atoms with Crippen molar-refractivity contribution >= 4 is 46.8 Å². The van der Waals surface area contributed by atoms with E-state index in [4.69, 9.17) is 23.2 Å². The standard InChI is InChI=1S/C27H34Cl2N2O2S/c1-3-25(27(33)30-21-11-5-4-6-12-21)31(16-20-10-7-9-19(2)15-20)26(32)18-34-17-22-23(28)13-8-14-24(22)29/h7-10,13-15,21,25H,3-6,11-12,16-18H2,1-2H3,(H,30,33)/t25-/m0/s1. The van der Waals surface area contributed by atoms with Gasteiger partial charge in [-0.05, 0) is 49.4 Å². The van der Waals surface area contributed by atoms with Crippen LogP contribution < -0.4 is 5.32 Å². The Labute approximate surface area is 217 Å². The van der Waals surface area contributed by atoms with Crippen LogP contribution in [0.3, 0.4) is 0 Å². The average molecular weight is 522 g/mol. The number of amides is 2. The van der Waals surface area contributed by atoms with Gasteiger partial charge in [0.05, 0.1) is 5.75 Å². The molecule has 0 heterocycles. The lowest BCUT2D eigenvalue weighted by Crippen LogP contribution is -2.52. The zero-order valence-corrected chi connectivity index (χ0v) is 22.3. The highest BCUT2D eigenvalue weighted by Gasteiger charge is 2.30. The van der Waals surface area contributed by atoms with Gasteiger partial charge in [0.15, 0.2) is 0 Å². The van der Waals surface area contributed by atoms with Gasteiger partial charge in [-0.25, -0.2) is 0 Å². The molecular formula is C27H34Cl2N2O2S. The monoisotopic (exact) mass is 520 g/mol. The topological polar surface area (TPSA) is 49.4 Å². The molecule has 0 saturated heterocycles. The van der Waals surface area contributed by atoms with Gasteiger partial charge in [0.1, 0.15) is 6.04 Å². The number of thioether (sulfide) groups is 1. The highest BCUT2D eigenvalue weighted by Crippen LogP contribution is 2.28. The van der Waals surface area contributed by atoms with E-state index in [1.54, 1.807) is 17.0 Å². The van der Waals surface area contributed by atoms with Crippen LogP contribution in [-0.2, 0) is 21.9 Å². The Balaban J connectivity index is 1.72. The first-order chi connectivity index (χ1) is 16.4. The van der Waals surface area contributed by atoms with Crippen molar-refractivity contribution in [2.75, 3.05) is 5.75 Å². The Kier molecular flexibility index (Phi) is 10.6. The number of hydrogen-bond acceptors (Lipinski definition) is 3. The van der Waals surface area contributed by atoms with Crippen molar-refractivity contribution in [2.45, 2.75) is 76.8 Å². The first-order valence-corrected chi connectivity index (χ1v) is 14.0. The van der Waals surface area contributed by atoms with Crippen LogP contribution in [0.15, 0.2) is 42.5 Å². The summed E-state index contributed by atoms with van der Waals surface area (Å²) in [5, 5.41) is 4.42. The predicted octanol–water partition coefficient (Wildman–Crippen LogP) is 6.79. The van der Waals surface area contributed by atoms with E-state index in [0.29, 0.717) is 28.8 Å². The molecule has 3 rings (SSSR count). The molecule has 1 aliphatic rings. The molecule has 1 aliphatic carbocycles. The number of rotatable bonds is 10. The highest BCUT2D eigenvalue weighted by atomic mass is 35.5. The number of nitrogens with zero attached hydrogens (tertiary/aromatic N) is 1. The molecule has 0 spiro atoms. The Morgan fingerprint density at radius 3 is 2.41 bits per heavy atom. The summed E-state index contributed by atoms with van der Waals surface area (Å²) in [6.07, 6.45) is 6.13. The van der Waals surface area contributed by atoms with Crippen molar-refractivity contribution in [2.24, 2.45) is 0 Å². The predicted molar refractivity (Wildman–Crippen MR) is 143 cm³/mol. The first-order valence-electron chi connectivity index (χ1n) is 12.0. The van der Waals surface area contributed by atoms with E-state index >= 15 is 0 Å². The largest absolute Gasteiger partial charge is 0.352 e. The summed E-state index contributed by atoms with van der Waals surface area (Å²) in [5.41, 5.74) is 2.99. The Hall–Kier alpha value is -1.69. The average Bonchev–Trinajstić information content (AvgIpc) is 2.81. The number of carbonyl (C=O) groups is 2. The third-order valence-corrected chi connectivity index (χ3v) is 7.96. The van der Waals surface area contributed by atoms with Crippen molar-refractivity contribution in [3.8, 4) is 0 Å². The van der Waals surface area contributed by atoms with Gasteiger partial charge in [0.25, 0.3) is 0 Å². The van der Waals surface area contributed by atoms with Crippen LogP contribution >= 0.6 is 35.0 Å². The molecule has 0 bridgehead atoms. The summed E-state index contributed by atoms with van der Waals surface area (Å²) in [7, 11) is 0. The molecule has 2 aromatic carbocycles. The fraction of sp³-hybridized carbons (Fsp3) is 0.481. The molecule has 0 radical (unpaired) electrons. The normalized spacial score (nSPS) is 15.1. The second-order valence-corrected chi connectivity index (χ2v) is 10.8. The molecule has 34 heavy (non-hydrogen) atoms. The summed E-state index contributed by atoms with van der Waals surface area (Å²) >= 11 is 14.0. The van der Waals surface area contributed by atoms with Gasteiger partial charge < -0.3 is 10.2 Å². The van der Waals surface area contributed by atoms with Gasteiger partial charge in [-0.2, -0.15) is 0 Å². The SMILES string of the molecule is CC[C@@H](C(=O)NC1CCCCC1)N(Cc1cccc(C)c1)C(=O)CSCc1c(Cl)cccc1Cl. The molecule has 1 atom stereocenters. The molecule has 2 aromatic rings. The Bertz CT molecular complexity index is 959. The Morgan fingerprint density at radius 2 is 1.76 bits per heavy atom. The van der Waals surface area contributed by atoms with Crippen molar-refractivity contribution in [1.29, 1.82) is 0 Å². The molecule has 7 heteroatoms. The number of carbonyl (C=O) groups excluding carboxylic acids is 2. The zero-order chi connectivity index (χ0) is 24.5. The van der Waals surface area contributed by atoms with Gasteiger partial charge >= 0.3 is 0 Å². The zero-order valence-electron chi connectivity index (χ0n) is 20.0. The quantitative estimate of drug-likeness (QED) is 0.375. The second-order valence-electron chi connectivity index (χ2n) is 8.97. The summed E-state index contributed by atoms with van der Waals surface area (Å²) in [4.78, 5) is 28.5. The van der Waals surface area contributed by atoms with Crippen LogP contribution in [0.2, 0.25) is 10.0 Å². The second kappa shape index (κ2) is 13.4. The summed E-state index contributed by atoms with van der Waals surface area (Å²) < 4.78 is 0. The summed E-state index contributed by atoms with van der Waals surface area (Å²) in [6, 6.07) is 13.2. The fourth-order valence-corrected chi connectivity index (χ4v) is 6.11. The number of benzene rings is 2. The van der Waals surface area contributed by atoms with E-state index in [9.17, 15) is 9.59 Å². The van der Waals surface area contributed by atoms with E-state index in [1.807, 2.05) is 38.1 Å². The number of nitrogens with one attached hydrogen (secondary N) is 1. The van der Waals surface area contributed by atoms with Crippen LogP contribution in [0.1, 0.15) is 62.1 Å². The fourth-order valence-electron chi connectivity index (χ4n) is 4.46. The van der Waals surface area contributed by atoms with Gasteiger partial charge in [-0.15, -0.1) is 11.8 Å². The summed E-state index contributed by atoms with van der Waals surface area (Å²) in [6.45, 7) is 4.41. The van der Waals surface area contributed by atoms with Crippen LogP contribution in [0, 0.1) is 6.92 Å². The smallest absolute Gasteiger partial charge is 0.243 e. The molecule has 0 aliphatic heterocycles. The molecule has 1 N–H and O–H groups in total. The maximum absolute atomic E-state index is 13.4. The maximum Gasteiger partial charge on any atom is 0.243 e. The van der Waals surface area contributed by atoms with E-state index in [2.05, 4.69) is 11.4 Å². The van der Waals surface area contributed by atoms with Crippen LogP contribution in [0.5, 0.6) is 0 Å². The lowest BCUT2D eigenvalue weighted by Gasteiger charge is -2.33. The minimum absolute atomic E-state index is 0.0467. The lowest BCUT2D eigenvalue weighted by atomic mass is 9.95. The third kappa shape index (κ3) is 7.66. The van der Waals surface area contributed by atoms with Crippen LogP contribution in [0.25, 0.3) is 0 Å². The lowest BCUT2D eigenvalue weighted by molar-refractivity contribution is -0.139. The van der Waals surface area contributed by atoms with Crippen molar-refractivity contribution in [3.05, 3.63) is 69.2 Å². The molecule has 2 amide bonds. The van der Waals surface area contributed by atoms with E-state index in [1.165, 1.54) is 18.2 Å². The molecule has 1 saturated carbocycles. The minimum Gasteiger partial charge on any atom is -0.352 e. The van der Waals surface area contributed by atoms with E-state index in [0.717, 1.165) is 42.4 Å². The van der Waals surface area contributed by atoms with Gasteiger partial charge in [-0.3, -0.25) is 9.59 Å². The Morgan fingerprint density at radius 1 is 1.09 bits per heavy atom. The van der Waals surface area contributed by atoms with E-state index < -0.39 is 6.04 Å². The highest BCUT2D eigenvalue weighted by molar-refractivity contribution is 7.99. The molecular weight excluding hydrogens is 487 g/mol. The van der Waals surface area contributed by atoms with E-state index in [-0.39, 0.29) is 23.6 Å². The number of hydrogen-bond donors (Lipinski definition) is 1. The van der Waals surface area contributed by atoms with Crippen molar-refractivity contribution in [3.63, 3.8) is 0 Å². The molecule has 0 unspecified atom stereocenters. The summed E-state index contributed by atoms with van der Waals surface area (Å²) in [5.74, 6) is 0.684. The molecule has 1 fully saturated rings. The molecule has 184 valence electrons. The maximum atomic E-state index is 13.4. The minimum atomic E-state index is -0.501. The van der Waals surface area contributed by atoms with Gasteiger partial charge in [0, 0.05) is 28.4 Å². The third-order valence-electron chi connectivity index (χ3n) is 6.31. The van der Waals surface area contributed by atoms with Crippen molar-refractivity contribution in [1.82, 2.24) is 10.2 Å². The van der Waals surface area contributed by atoms with Crippen LogP contribution in [0.4, 0.5) is 0 Å². The number of halogens is 2. The molecule has 4 nitrogen and oxygen atoms in total. The van der Waals surface area contributed by atoms with Crippen LogP contribution in [-0.4, -0.2) is 34.6 Å². The first kappa shape index (κ1) is 26.9. The van der Waals surface area contributed by atoms with Crippen molar-refractivity contribution < 1.29 is 9.59 Å². The van der Waals surface area contributed by atoms with Gasteiger partial charge in [0.2, 0.25) is 11.8 Å². The molecule has 0 aromatic heterocycles. The number of aryl methyl sites for hydroxylation is 1.